The van der Waals surface area contributed by atoms with Crippen LogP contribution in [-0.4, -0.2) is 68.8 Å². The zero-order valence-electron chi connectivity index (χ0n) is 16.2. The van der Waals surface area contributed by atoms with Crippen molar-refractivity contribution in [2.24, 2.45) is 5.92 Å². The number of benzene rings is 1. The molecule has 25 heavy (non-hydrogen) atoms. The molecule has 0 bridgehead atoms. The summed E-state index contributed by atoms with van der Waals surface area (Å²) in [6.07, 6.45) is 2.05. The van der Waals surface area contributed by atoms with Crippen molar-refractivity contribution in [3.63, 3.8) is 0 Å². The maximum Gasteiger partial charge on any atom is 0.248 e. The van der Waals surface area contributed by atoms with Crippen molar-refractivity contribution in [3.05, 3.63) is 29.8 Å². The molecule has 0 saturated carbocycles. The number of methoxy groups -OCH3 is 1. The van der Waals surface area contributed by atoms with Gasteiger partial charge in [0.15, 0.2) is 0 Å². The minimum atomic E-state index is 0.0227. The van der Waals surface area contributed by atoms with Crippen molar-refractivity contribution >= 4 is 5.91 Å². The highest BCUT2D eigenvalue weighted by Crippen LogP contribution is 2.26. The van der Waals surface area contributed by atoms with Crippen LogP contribution < -0.4 is 4.74 Å². The van der Waals surface area contributed by atoms with Gasteiger partial charge < -0.3 is 19.3 Å². The van der Waals surface area contributed by atoms with Gasteiger partial charge in [0, 0.05) is 39.1 Å². The molecule has 5 heteroatoms. The second kappa shape index (κ2) is 9.20. The summed E-state index contributed by atoms with van der Waals surface area (Å²) in [6.45, 7) is 6.67. The van der Waals surface area contributed by atoms with Crippen LogP contribution >= 0.6 is 0 Å². The van der Waals surface area contributed by atoms with Crippen LogP contribution in [0.1, 0.15) is 25.8 Å². The summed E-state index contributed by atoms with van der Waals surface area (Å²) in [6, 6.07) is 8.78. The zero-order chi connectivity index (χ0) is 18.4. The predicted molar refractivity (Wildman–Crippen MR) is 99.9 cm³/mol. The Labute approximate surface area is 151 Å². The van der Waals surface area contributed by atoms with Gasteiger partial charge in [0.25, 0.3) is 0 Å². The Morgan fingerprint density at radius 3 is 2.52 bits per heavy atom. The van der Waals surface area contributed by atoms with Crippen LogP contribution in [0.4, 0.5) is 0 Å². The van der Waals surface area contributed by atoms with E-state index in [9.17, 15) is 4.79 Å². The monoisotopic (exact) mass is 348 g/mol. The molecule has 1 aromatic carbocycles. The van der Waals surface area contributed by atoms with E-state index in [0.717, 1.165) is 31.7 Å². The molecule has 0 N–H and O–H groups in total. The number of likely N-dealkylation sites (N-methyl/N-ethyl adjacent to an activating group) is 1. The first-order valence-corrected chi connectivity index (χ1v) is 9.09. The fourth-order valence-corrected chi connectivity index (χ4v) is 3.30. The van der Waals surface area contributed by atoms with Crippen molar-refractivity contribution < 1.29 is 14.3 Å². The van der Waals surface area contributed by atoms with Crippen LogP contribution in [-0.2, 0) is 16.0 Å². The van der Waals surface area contributed by atoms with E-state index in [4.69, 9.17) is 9.47 Å². The van der Waals surface area contributed by atoms with Crippen molar-refractivity contribution in [1.29, 1.82) is 0 Å². The molecule has 1 aliphatic rings. The number of rotatable bonds is 7. The lowest BCUT2D eigenvalue weighted by Crippen LogP contribution is -2.48. The predicted octanol–water partition coefficient (Wildman–Crippen LogP) is 2.44. The summed E-state index contributed by atoms with van der Waals surface area (Å²) in [5, 5.41) is 0. The summed E-state index contributed by atoms with van der Waals surface area (Å²) in [4.78, 5) is 16.0. The van der Waals surface area contributed by atoms with Crippen LogP contribution in [0.5, 0.6) is 5.75 Å². The molecule has 1 heterocycles. The average Bonchev–Trinajstić information content (AvgIpc) is 2.60. The van der Waals surface area contributed by atoms with Crippen molar-refractivity contribution in [1.82, 2.24) is 9.80 Å². The number of carbonyl (C=O) groups is 1. The summed E-state index contributed by atoms with van der Waals surface area (Å²) in [7, 11) is 5.21. The Morgan fingerprint density at radius 1 is 1.28 bits per heavy atom. The van der Waals surface area contributed by atoms with E-state index in [2.05, 4.69) is 30.9 Å². The molecule has 0 spiro atoms. The molecular formula is C20H32N2O3. The van der Waals surface area contributed by atoms with E-state index in [0.29, 0.717) is 12.0 Å². The average molecular weight is 348 g/mol. The fraction of sp³-hybridized carbons (Fsp3) is 0.650. The summed E-state index contributed by atoms with van der Waals surface area (Å²) < 4.78 is 11.3. The maximum absolute atomic E-state index is 11.9. The molecular weight excluding hydrogens is 316 g/mol. The lowest BCUT2D eigenvalue weighted by atomic mass is 9.88. The number of carbonyl (C=O) groups excluding carboxylic acids is 1. The minimum absolute atomic E-state index is 0.0227. The molecule has 0 radical (unpaired) electrons. The molecule has 140 valence electrons. The van der Waals surface area contributed by atoms with Gasteiger partial charge in [-0.1, -0.05) is 12.1 Å². The molecule has 0 aromatic heterocycles. The van der Waals surface area contributed by atoms with Crippen molar-refractivity contribution in [2.45, 2.75) is 38.8 Å². The van der Waals surface area contributed by atoms with Crippen LogP contribution in [0, 0.1) is 5.92 Å². The molecule has 2 rings (SSSR count). The number of ether oxygens (including phenoxy) is 2. The maximum atomic E-state index is 11.9. The third-order valence-electron chi connectivity index (χ3n) is 5.00. The van der Waals surface area contributed by atoms with E-state index < -0.39 is 0 Å². The minimum Gasteiger partial charge on any atom is -0.497 e. The molecule has 1 fully saturated rings. The number of piperidine rings is 1. The van der Waals surface area contributed by atoms with Gasteiger partial charge in [-0.2, -0.15) is 0 Å². The zero-order valence-corrected chi connectivity index (χ0v) is 16.2. The van der Waals surface area contributed by atoms with E-state index in [-0.39, 0.29) is 18.6 Å². The topological polar surface area (TPSA) is 42.0 Å². The number of likely N-dealkylation sites (tertiary alicyclic amines) is 1. The van der Waals surface area contributed by atoms with Gasteiger partial charge >= 0.3 is 0 Å². The Morgan fingerprint density at radius 2 is 1.96 bits per heavy atom. The summed E-state index contributed by atoms with van der Waals surface area (Å²) in [5.41, 5.74) is 1.28. The first-order chi connectivity index (χ1) is 11.9. The molecule has 5 nitrogen and oxygen atoms in total. The molecule has 1 amide bonds. The lowest BCUT2D eigenvalue weighted by molar-refractivity contribution is -0.138. The van der Waals surface area contributed by atoms with Crippen LogP contribution in [0.2, 0.25) is 0 Å². The highest BCUT2D eigenvalue weighted by molar-refractivity contribution is 5.76. The normalized spacial score (nSPS) is 21.4. The van der Waals surface area contributed by atoms with Gasteiger partial charge in [-0.25, -0.2) is 0 Å². The molecule has 2 atom stereocenters. The largest absolute Gasteiger partial charge is 0.497 e. The number of hydrogen-bond donors (Lipinski definition) is 0. The first-order valence-electron chi connectivity index (χ1n) is 9.09. The third kappa shape index (κ3) is 5.72. The third-order valence-corrected chi connectivity index (χ3v) is 5.00. The van der Waals surface area contributed by atoms with E-state index >= 15 is 0 Å². The van der Waals surface area contributed by atoms with Gasteiger partial charge in [0.1, 0.15) is 12.4 Å². The Balaban J connectivity index is 2.03. The second-order valence-corrected chi connectivity index (χ2v) is 7.33. The van der Waals surface area contributed by atoms with Crippen molar-refractivity contribution in [2.75, 3.05) is 40.9 Å². The Kier molecular flexibility index (Phi) is 7.26. The van der Waals surface area contributed by atoms with Crippen LogP contribution in [0.3, 0.4) is 0 Å². The highest BCUT2D eigenvalue weighted by atomic mass is 16.5. The number of hydrogen-bond acceptors (Lipinski definition) is 4. The molecule has 1 saturated heterocycles. The fourth-order valence-electron chi connectivity index (χ4n) is 3.30. The highest BCUT2D eigenvalue weighted by Gasteiger charge is 2.31. The van der Waals surface area contributed by atoms with E-state index in [1.54, 1.807) is 26.1 Å². The van der Waals surface area contributed by atoms with Crippen LogP contribution in [0.25, 0.3) is 0 Å². The van der Waals surface area contributed by atoms with E-state index in [1.165, 1.54) is 5.56 Å². The van der Waals surface area contributed by atoms with Gasteiger partial charge in [-0.15, -0.1) is 0 Å². The van der Waals surface area contributed by atoms with Gasteiger partial charge in [0.2, 0.25) is 5.91 Å². The SMILES string of the molecule is COc1ccc(C[C@@H]2CN(C(C)C)CC[C@H]2OCC(=O)N(C)C)cc1. The standard InChI is InChI=1S/C20H32N2O3/c1-15(2)22-11-10-19(25-14-20(23)21(3)4)17(13-22)12-16-6-8-18(24-5)9-7-16/h6-9,15,17,19H,10-14H2,1-5H3/t17-,19-/m1/s1. The molecule has 0 unspecified atom stereocenters. The Hall–Kier alpha value is -1.59. The van der Waals surface area contributed by atoms with Crippen LogP contribution in [0.15, 0.2) is 24.3 Å². The van der Waals surface area contributed by atoms with Crippen molar-refractivity contribution in [3.8, 4) is 5.75 Å². The van der Waals surface area contributed by atoms with Gasteiger partial charge in [-0.3, -0.25) is 4.79 Å². The quantitative estimate of drug-likeness (QED) is 0.759. The first kappa shape index (κ1) is 19.7. The second-order valence-electron chi connectivity index (χ2n) is 7.33. The van der Waals surface area contributed by atoms with E-state index in [1.807, 2.05) is 12.1 Å². The number of amides is 1. The molecule has 1 aliphatic heterocycles. The molecule has 1 aromatic rings. The summed E-state index contributed by atoms with van der Waals surface area (Å²) >= 11 is 0. The molecule has 0 aliphatic carbocycles. The smallest absolute Gasteiger partial charge is 0.248 e. The lowest BCUT2D eigenvalue weighted by Gasteiger charge is -2.40. The number of nitrogens with zero attached hydrogens (tertiary/aromatic N) is 2. The summed E-state index contributed by atoms with van der Waals surface area (Å²) in [5.74, 6) is 1.29. The van der Waals surface area contributed by atoms with Gasteiger partial charge in [-0.05, 0) is 44.4 Å². The Bertz CT molecular complexity index is 542. The van der Waals surface area contributed by atoms with Gasteiger partial charge in [0.05, 0.1) is 13.2 Å².